The zero-order chi connectivity index (χ0) is 13.5. The summed E-state index contributed by atoms with van der Waals surface area (Å²) in [4.78, 5) is 5.89. The third kappa shape index (κ3) is 2.28. The number of benzene rings is 1. The lowest BCUT2D eigenvalue weighted by Crippen LogP contribution is -2.17. The number of halogens is 3. The van der Waals surface area contributed by atoms with E-state index in [1.165, 1.54) is 6.20 Å². The van der Waals surface area contributed by atoms with Gasteiger partial charge in [0, 0.05) is 19.3 Å². The minimum atomic E-state index is -4.33. The second-order valence-electron chi connectivity index (χ2n) is 4.53. The summed E-state index contributed by atoms with van der Waals surface area (Å²) in [5, 5.41) is 0. The summed E-state index contributed by atoms with van der Waals surface area (Å²) in [5.41, 5.74) is 1.62. The van der Waals surface area contributed by atoms with Crippen LogP contribution in [0, 0.1) is 0 Å². The van der Waals surface area contributed by atoms with Crippen molar-refractivity contribution in [3.05, 3.63) is 59.3 Å². The molecule has 0 spiro atoms. The number of aromatic nitrogens is 1. The molecule has 5 heteroatoms. The number of hydrogen-bond acceptors (Lipinski definition) is 2. The Kier molecular flexibility index (Phi) is 2.69. The van der Waals surface area contributed by atoms with Crippen LogP contribution in [-0.4, -0.2) is 4.98 Å². The Bertz CT molecular complexity index is 583. The molecule has 0 saturated carbocycles. The first kappa shape index (κ1) is 12.0. The Morgan fingerprint density at radius 3 is 2.21 bits per heavy atom. The third-order valence-electron chi connectivity index (χ3n) is 3.24. The lowest BCUT2D eigenvalue weighted by Gasteiger charge is -2.17. The molecule has 0 N–H and O–H groups in total. The van der Waals surface area contributed by atoms with Crippen molar-refractivity contribution in [2.45, 2.75) is 19.3 Å². The van der Waals surface area contributed by atoms with Gasteiger partial charge in [0.05, 0.1) is 5.56 Å². The molecule has 0 bridgehead atoms. The molecule has 0 radical (unpaired) electrons. The van der Waals surface area contributed by atoms with E-state index in [4.69, 9.17) is 0 Å². The lowest BCUT2D eigenvalue weighted by molar-refractivity contribution is -0.137. The molecule has 2 heterocycles. The summed E-state index contributed by atoms with van der Waals surface area (Å²) in [5.74, 6) is 0.367. The highest BCUT2D eigenvalue weighted by molar-refractivity contribution is 5.48. The highest BCUT2D eigenvalue weighted by Gasteiger charge is 2.31. The zero-order valence-corrected chi connectivity index (χ0v) is 9.98. The van der Waals surface area contributed by atoms with Gasteiger partial charge in [0.1, 0.15) is 5.82 Å². The van der Waals surface area contributed by atoms with E-state index >= 15 is 0 Å². The fraction of sp³-hybridized carbons (Fsp3) is 0.214. The normalized spacial score (nSPS) is 14.6. The van der Waals surface area contributed by atoms with Gasteiger partial charge in [0.15, 0.2) is 0 Å². The van der Waals surface area contributed by atoms with Crippen molar-refractivity contribution >= 4 is 5.82 Å². The molecule has 0 fully saturated rings. The van der Waals surface area contributed by atoms with Gasteiger partial charge in [0.2, 0.25) is 0 Å². The molecule has 0 amide bonds. The molecule has 1 aliphatic rings. The standard InChI is InChI=1S/C14H11F3N2/c15-14(16,17)12-5-6-18-13(7-12)19-8-10-3-1-2-4-11(10)9-19/h1-7H,8-9H2. The minimum absolute atomic E-state index is 0.367. The highest BCUT2D eigenvalue weighted by Crippen LogP contribution is 2.33. The summed E-state index contributed by atoms with van der Waals surface area (Å²) >= 11 is 0. The Balaban J connectivity index is 1.90. The quantitative estimate of drug-likeness (QED) is 0.782. The molecule has 2 nitrogen and oxygen atoms in total. The number of hydrogen-bond donors (Lipinski definition) is 0. The predicted molar refractivity (Wildman–Crippen MR) is 65.6 cm³/mol. The smallest absolute Gasteiger partial charge is 0.348 e. The fourth-order valence-electron chi connectivity index (χ4n) is 2.26. The van der Waals surface area contributed by atoms with Gasteiger partial charge < -0.3 is 4.90 Å². The van der Waals surface area contributed by atoms with E-state index in [0.29, 0.717) is 18.9 Å². The van der Waals surface area contributed by atoms with E-state index in [9.17, 15) is 13.2 Å². The van der Waals surface area contributed by atoms with Gasteiger partial charge in [0.25, 0.3) is 0 Å². The number of alkyl halides is 3. The highest BCUT2D eigenvalue weighted by atomic mass is 19.4. The molecule has 1 aliphatic heterocycles. The van der Waals surface area contributed by atoms with Crippen molar-refractivity contribution in [1.82, 2.24) is 4.98 Å². The van der Waals surface area contributed by atoms with E-state index in [2.05, 4.69) is 4.98 Å². The van der Waals surface area contributed by atoms with Crippen molar-refractivity contribution in [2.75, 3.05) is 4.90 Å². The molecule has 0 unspecified atom stereocenters. The molecule has 0 aliphatic carbocycles. The van der Waals surface area contributed by atoms with Crippen LogP contribution in [0.1, 0.15) is 16.7 Å². The Morgan fingerprint density at radius 2 is 1.63 bits per heavy atom. The number of anilines is 1. The summed E-state index contributed by atoms with van der Waals surface area (Å²) in [7, 11) is 0. The minimum Gasteiger partial charge on any atom is -0.348 e. The van der Waals surface area contributed by atoms with Crippen LogP contribution in [-0.2, 0) is 19.3 Å². The molecule has 1 aromatic carbocycles. The van der Waals surface area contributed by atoms with Crippen molar-refractivity contribution < 1.29 is 13.2 Å². The van der Waals surface area contributed by atoms with Crippen LogP contribution in [0.3, 0.4) is 0 Å². The van der Waals surface area contributed by atoms with Crippen LogP contribution in [0.25, 0.3) is 0 Å². The molecular formula is C14H11F3N2. The molecule has 3 rings (SSSR count). The Labute approximate surface area is 108 Å². The maximum atomic E-state index is 12.7. The number of pyridine rings is 1. The van der Waals surface area contributed by atoms with Crippen molar-refractivity contribution in [3.8, 4) is 0 Å². The Hall–Kier alpha value is -2.04. The maximum Gasteiger partial charge on any atom is 0.416 e. The van der Waals surface area contributed by atoms with Crippen LogP contribution >= 0.6 is 0 Å². The second-order valence-corrected chi connectivity index (χ2v) is 4.53. The molecule has 98 valence electrons. The van der Waals surface area contributed by atoms with Gasteiger partial charge >= 0.3 is 6.18 Å². The van der Waals surface area contributed by atoms with Crippen LogP contribution in [0.15, 0.2) is 42.6 Å². The SMILES string of the molecule is FC(F)(F)c1ccnc(N2Cc3ccccc3C2)c1. The van der Waals surface area contributed by atoms with Gasteiger partial charge in [-0.2, -0.15) is 13.2 Å². The van der Waals surface area contributed by atoms with Crippen LogP contribution < -0.4 is 4.90 Å². The molecular weight excluding hydrogens is 253 g/mol. The number of rotatable bonds is 1. The van der Waals surface area contributed by atoms with Crippen molar-refractivity contribution in [3.63, 3.8) is 0 Å². The second kappa shape index (κ2) is 4.26. The predicted octanol–water partition coefficient (Wildman–Crippen LogP) is 3.62. The first-order valence-electron chi connectivity index (χ1n) is 5.89. The molecule has 0 atom stereocenters. The summed E-state index contributed by atoms with van der Waals surface area (Å²) in [6, 6.07) is 9.94. The van der Waals surface area contributed by atoms with E-state index < -0.39 is 11.7 Å². The zero-order valence-electron chi connectivity index (χ0n) is 9.98. The van der Waals surface area contributed by atoms with Gasteiger partial charge in [-0.3, -0.25) is 0 Å². The van der Waals surface area contributed by atoms with E-state index in [0.717, 1.165) is 23.3 Å². The van der Waals surface area contributed by atoms with E-state index in [1.807, 2.05) is 29.2 Å². The Morgan fingerprint density at radius 1 is 1.00 bits per heavy atom. The van der Waals surface area contributed by atoms with Gasteiger partial charge in [-0.25, -0.2) is 4.98 Å². The first-order chi connectivity index (χ1) is 9.04. The van der Waals surface area contributed by atoms with E-state index in [-0.39, 0.29) is 0 Å². The van der Waals surface area contributed by atoms with Crippen molar-refractivity contribution in [1.29, 1.82) is 0 Å². The van der Waals surface area contributed by atoms with Crippen LogP contribution in [0.2, 0.25) is 0 Å². The van der Waals surface area contributed by atoms with Gasteiger partial charge in [-0.05, 0) is 23.3 Å². The number of fused-ring (bicyclic) bond motifs is 1. The topological polar surface area (TPSA) is 16.1 Å². The molecule has 2 aromatic rings. The molecule has 1 aromatic heterocycles. The van der Waals surface area contributed by atoms with Crippen molar-refractivity contribution in [2.24, 2.45) is 0 Å². The average molecular weight is 264 g/mol. The first-order valence-corrected chi connectivity index (χ1v) is 5.89. The monoisotopic (exact) mass is 264 g/mol. The van der Waals surface area contributed by atoms with Gasteiger partial charge in [-0.15, -0.1) is 0 Å². The van der Waals surface area contributed by atoms with Crippen LogP contribution in [0.4, 0.5) is 19.0 Å². The maximum absolute atomic E-state index is 12.7. The largest absolute Gasteiger partial charge is 0.416 e. The van der Waals surface area contributed by atoms with Crippen LogP contribution in [0.5, 0.6) is 0 Å². The lowest BCUT2D eigenvalue weighted by atomic mass is 10.1. The van der Waals surface area contributed by atoms with Gasteiger partial charge in [-0.1, -0.05) is 24.3 Å². The average Bonchev–Trinajstić information content (AvgIpc) is 2.81. The third-order valence-corrected chi connectivity index (χ3v) is 3.24. The molecule has 0 saturated heterocycles. The molecule has 19 heavy (non-hydrogen) atoms. The number of nitrogens with zero attached hydrogens (tertiary/aromatic N) is 2. The van der Waals surface area contributed by atoms with E-state index in [1.54, 1.807) is 0 Å². The fourth-order valence-corrected chi connectivity index (χ4v) is 2.26. The summed E-state index contributed by atoms with van der Waals surface area (Å²) in [6.45, 7) is 1.20. The summed E-state index contributed by atoms with van der Waals surface area (Å²) in [6.07, 6.45) is -3.12. The summed E-state index contributed by atoms with van der Waals surface area (Å²) < 4.78 is 38.0.